The number of carbonyl (C=O) groups excluding carboxylic acids is 1. The lowest BCUT2D eigenvalue weighted by Gasteiger charge is -2.19. The highest BCUT2D eigenvalue weighted by Crippen LogP contribution is 2.24. The number of ether oxygens (including phenoxy) is 2. The third-order valence-electron chi connectivity index (χ3n) is 4.64. The molecular weight excluding hydrogens is 485 g/mol. The highest BCUT2D eigenvalue weighted by molar-refractivity contribution is 14.0. The van der Waals surface area contributed by atoms with Gasteiger partial charge in [0.05, 0.1) is 20.8 Å². The molecule has 1 fully saturated rings. The van der Waals surface area contributed by atoms with E-state index in [2.05, 4.69) is 25.8 Å². The summed E-state index contributed by atoms with van der Waals surface area (Å²) in [6, 6.07) is 6.25. The molecule has 1 unspecified atom stereocenters. The van der Waals surface area contributed by atoms with Crippen LogP contribution in [0.25, 0.3) is 0 Å². The van der Waals surface area contributed by atoms with E-state index < -0.39 is 0 Å². The molecule has 0 aliphatic carbocycles. The molecule has 1 atom stereocenters. The van der Waals surface area contributed by atoms with Crippen LogP contribution in [0.4, 0.5) is 0 Å². The third kappa shape index (κ3) is 8.65. The van der Waals surface area contributed by atoms with Crippen LogP contribution < -0.4 is 25.4 Å². The quantitative estimate of drug-likeness (QED) is 0.261. The van der Waals surface area contributed by atoms with E-state index in [4.69, 9.17) is 9.47 Å². The van der Waals surface area contributed by atoms with Gasteiger partial charge in [0.2, 0.25) is 5.91 Å². The summed E-state index contributed by atoms with van der Waals surface area (Å²) in [4.78, 5) is 18.3. The van der Waals surface area contributed by atoms with Gasteiger partial charge < -0.3 is 25.4 Å². The number of benzene rings is 1. The third-order valence-corrected chi connectivity index (χ3v) is 4.64. The van der Waals surface area contributed by atoms with Crippen molar-refractivity contribution in [2.75, 3.05) is 47.4 Å². The van der Waals surface area contributed by atoms with Gasteiger partial charge in [-0.05, 0) is 30.5 Å². The molecule has 0 radical (unpaired) electrons. The van der Waals surface area contributed by atoms with Gasteiger partial charge in [0.25, 0.3) is 0 Å². The Hall–Kier alpha value is -1.75. The number of hydrogen-bond acceptors (Lipinski definition) is 5. The largest absolute Gasteiger partial charge is 0.497 e. The molecule has 2 rings (SSSR count). The zero-order valence-corrected chi connectivity index (χ0v) is 20.1. The summed E-state index contributed by atoms with van der Waals surface area (Å²) in [6.07, 6.45) is 1.94. The van der Waals surface area contributed by atoms with Crippen LogP contribution in [0.15, 0.2) is 23.2 Å². The van der Waals surface area contributed by atoms with Gasteiger partial charge >= 0.3 is 0 Å². The molecule has 9 heteroatoms. The number of amides is 1. The van der Waals surface area contributed by atoms with Gasteiger partial charge in [-0.15, -0.1) is 24.0 Å². The Morgan fingerprint density at radius 2 is 1.90 bits per heavy atom. The molecule has 1 aliphatic rings. The predicted molar refractivity (Wildman–Crippen MR) is 126 cm³/mol. The van der Waals surface area contributed by atoms with E-state index in [-0.39, 0.29) is 42.5 Å². The number of halogens is 1. The second-order valence-electron chi connectivity index (χ2n) is 6.86. The summed E-state index contributed by atoms with van der Waals surface area (Å²) in [6.45, 7) is 5.67. The van der Waals surface area contributed by atoms with Gasteiger partial charge in [0.15, 0.2) is 5.96 Å². The molecule has 1 saturated heterocycles. The van der Waals surface area contributed by atoms with Crippen molar-refractivity contribution in [1.29, 1.82) is 0 Å². The number of hydrogen-bond donors (Lipinski definition) is 3. The van der Waals surface area contributed by atoms with Gasteiger partial charge in [-0.3, -0.25) is 14.7 Å². The van der Waals surface area contributed by atoms with Gasteiger partial charge in [-0.1, -0.05) is 6.92 Å². The fourth-order valence-electron chi connectivity index (χ4n) is 3.19. The van der Waals surface area contributed by atoms with Gasteiger partial charge in [0, 0.05) is 45.3 Å². The van der Waals surface area contributed by atoms with Gasteiger partial charge in [-0.2, -0.15) is 0 Å². The molecule has 0 bridgehead atoms. The molecule has 3 N–H and O–H groups in total. The molecule has 1 aliphatic heterocycles. The summed E-state index contributed by atoms with van der Waals surface area (Å²) in [7, 11) is 5.04. The number of guanidine groups is 1. The summed E-state index contributed by atoms with van der Waals surface area (Å²) in [5, 5.41) is 9.33. The maximum atomic E-state index is 11.7. The molecular formula is C20H34IN5O3. The minimum Gasteiger partial charge on any atom is -0.497 e. The molecule has 29 heavy (non-hydrogen) atoms. The molecule has 1 amide bonds. The minimum atomic E-state index is -0.0233. The Morgan fingerprint density at radius 1 is 1.21 bits per heavy atom. The standard InChI is InChI=1S/C20H33N5O3.HI/c1-5-7-22-19(26)12-23-20(21-2)24-16-6-8-25(14-16)13-15-9-17(27-3)11-18(10-15)28-4;/h9-11,16H,5-8,12-14H2,1-4H3,(H,22,26)(H2,21,23,24);1H. The smallest absolute Gasteiger partial charge is 0.239 e. The van der Waals surface area contributed by atoms with Crippen LogP contribution in [0.5, 0.6) is 11.5 Å². The number of likely N-dealkylation sites (tertiary alicyclic amines) is 1. The van der Waals surface area contributed by atoms with Crippen LogP contribution in [-0.4, -0.2) is 70.3 Å². The molecule has 1 aromatic carbocycles. The van der Waals surface area contributed by atoms with Crippen LogP contribution in [-0.2, 0) is 11.3 Å². The Balaban J connectivity index is 0.00000420. The SMILES string of the molecule is CCCNC(=O)CNC(=NC)NC1CCN(Cc2cc(OC)cc(OC)c2)C1.I. The first-order valence-corrected chi connectivity index (χ1v) is 9.76. The highest BCUT2D eigenvalue weighted by Gasteiger charge is 2.23. The summed E-state index contributed by atoms with van der Waals surface area (Å²) in [5.41, 5.74) is 1.16. The van der Waals surface area contributed by atoms with Crippen LogP contribution in [0.1, 0.15) is 25.3 Å². The van der Waals surface area contributed by atoms with Gasteiger partial charge in [-0.25, -0.2) is 0 Å². The van der Waals surface area contributed by atoms with Crippen molar-refractivity contribution in [3.8, 4) is 11.5 Å². The van der Waals surface area contributed by atoms with E-state index in [1.54, 1.807) is 21.3 Å². The second kappa shape index (κ2) is 13.5. The number of carbonyl (C=O) groups is 1. The first kappa shape index (κ1) is 25.3. The zero-order valence-electron chi connectivity index (χ0n) is 17.8. The summed E-state index contributed by atoms with van der Waals surface area (Å²) in [5.74, 6) is 2.23. The lowest BCUT2D eigenvalue weighted by Crippen LogP contribution is -2.47. The average molecular weight is 519 g/mol. The van der Waals surface area contributed by atoms with E-state index in [9.17, 15) is 4.79 Å². The summed E-state index contributed by atoms with van der Waals surface area (Å²) >= 11 is 0. The lowest BCUT2D eigenvalue weighted by atomic mass is 10.2. The van der Waals surface area contributed by atoms with Gasteiger partial charge in [0.1, 0.15) is 11.5 Å². The molecule has 0 saturated carbocycles. The number of aliphatic imine (C=N–C) groups is 1. The Kier molecular flexibility index (Phi) is 11.7. The molecule has 0 spiro atoms. The Bertz CT molecular complexity index is 649. The van der Waals surface area contributed by atoms with E-state index in [0.29, 0.717) is 12.5 Å². The van der Waals surface area contributed by atoms with Crippen LogP contribution >= 0.6 is 24.0 Å². The van der Waals surface area contributed by atoms with Crippen molar-refractivity contribution in [3.05, 3.63) is 23.8 Å². The monoisotopic (exact) mass is 519 g/mol. The number of methoxy groups -OCH3 is 2. The minimum absolute atomic E-state index is 0. The second-order valence-corrected chi connectivity index (χ2v) is 6.86. The van der Waals surface area contributed by atoms with Crippen LogP contribution in [0.2, 0.25) is 0 Å². The molecule has 0 aromatic heterocycles. The summed E-state index contributed by atoms with van der Waals surface area (Å²) < 4.78 is 10.7. The van der Waals surface area contributed by atoms with Crippen molar-refractivity contribution in [2.24, 2.45) is 4.99 Å². The first-order chi connectivity index (χ1) is 13.6. The van der Waals surface area contributed by atoms with Crippen molar-refractivity contribution >= 4 is 35.8 Å². The van der Waals surface area contributed by atoms with Crippen LogP contribution in [0, 0.1) is 0 Å². The fourth-order valence-corrected chi connectivity index (χ4v) is 3.19. The van der Waals surface area contributed by atoms with Crippen molar-refractivity contribution in [3.63, 3.8) is 0 Å². The topological polar surface area (TPSA) is 87.2 Å². The van der Waals surface area contributed by atoms with Crippen molar-refractivity contribution in [1.82, 2.24) is 20.9 Å². The fraction of sp³-hybridized carbons (Fsp3) is 0.600. The van der Waals surface area contributed by atoms with Crippen molar-refractivity contribution < 1.29 is 14.3 Å². The Labute approximate surface area is 190 Å². The van der Waals surface area contributed by atoms with E-state index in [0.717, 1.165) is 49.5 Å². The predicted octanol–water partition coefficient (Wildman–Crippen LogP) is 1.59. The number of nitrogens with zero attached hydrogens (tertiary/aromatic N) is 2. The Morgan fingerprint density at radius 3 is 2.48 bits per heavy atom. The first-order valence-electron chi connectivity index (χ1n) is 9.76. The maximum absolute atomic E-state index is 11.7. The zero-order chi connectivity index (χ0) is 20.4. The van der Waals surface area contributed by atoms with E-state index >= 15 is 0 Å². The van der Waals surface area contributed by atoms with E-state index in [1.165, 1.54) is 0 Å². The lowest BCUT2D eigenvalue weighted by molar-refractivity contribution is -0.120. The molecule has 1 heterocycles. The average Bonchev–Trinajstić information content (AvgIpc) is 3.15. The molecule has 1 aromatic rings. The normalized spacial score (nSPS) is 16.7. The maximum Gasteiger partial charge on any atom is 0.239 e. The number of nitrogens with one attached hydrogen (secondary N) is 3. The van der Waals surface area contributed by atoms with Crippen molar-refractivity contribution in [2.45, 2.75) is 32.4 Å². The highest BCUT2D eigenvalue weighted by atomic mass is 127. The molecule has 164 valence electrons. The molecule has 8 nitrogen and oxygen atoms in total. The number of rotatable bonds is 9. The van der Waals surface area contributed by atoms with E-state index in [1.807, 2.05) is 25.1 Å². The van der Waals surface area contributed by atoms with Crippen LogP contribution in [0.3, 0.4) is 0 Å².